The molecule has 1 aromatic rings. The number of hydrogen-bond acceptors (Lipinski definition) is 4. The van der Waals surface area contributed by atoms with Gasteiger partial charge in [-0.25, -0.2) is 4.39 Å². The Morgan fingerprint density at radius 2 is 2.06 bits per heavy atom. The first kappa shape index (κ1) is 13.2. The normalized spacial score (nSPS) is 22.9. The molecule has 0 saturated carbocycles. The highest BCUT2D eigenvalue weighted by Gasteiger charge is 2.56. The fraction of sp³-hybridized carbons (Fsp3) is 0.300. The van der Waals surface area contributed by atoms with Gasteiger partial charge in [0, 0.05) is 16.9 Å². The van der Waals surface area contributed by atoms with Crippen LogP contribution in [0.5, 0.6) is 0 Å². The minimum absolute atomic E-state index is 0.249. The van der Waals surface area contributed by atoms with Gasteiger partial charge in [-0.15, -0.1) is 0 Å². The maximum atomic E-state index is 13.4. The summed E-state index contributed by atoms with van der Waals surface area (Å²) >= 11 is -2.62. The first-order valence-electron chi connectivity index (χ1n) is 4.74. The van der Waals surface area contributed by atoms with Gasteiger partial charge in [-0.05, 0) is 11.6 Å². The summed E-state index contributed by atoms with van der Waals surface area (Å²) in [6, 6.07) is 1.69. The van der Waals surface area contributed by atoms with Crippen LogP contribution in [0, 0.1) is 5.82 Å². The van der Waals surface area contributed by atoms with Crippen molar-refractivity contribution in [2.24, 2.45) is 0 Å². The molecule has 1 aromatic carbocycles. The standard InChI is InChI=1S/C10H7F3O4S/c11-5-2-1-4(3-18(16)17)6-7(5)9(15)10(12,13)8(6)14/h1-2,9,15H,3H2,(H,16,17)/p-1/t9-/m0/s1. The predicted octanol–water partition coefficient (Wildman–Crippen LogP) is 1.07. The summed E-state index contributed by atoms with van der Waals surface area (Å²) in [6.45, 7) is 0. The Morgan fingerprint density at radius 1 is 1.44 bits per heavy atom. The van der Waals surface area contributed by atoms with Crippen molar-refractivity contribution in [2.45, 2.75) is 17.8 Å². The van der Waals surface area contributed by atoms with Crippen LogP contribution in [0.3, 0.4) is 0 Å². The van der Waals surface area contributed by atoms with Gasteiger partial charge in [-0.1, -0.05) is 17.1 Å². The average Bonchev–Trinajstić information content (AvgIpc) is 2.44. The largest absolute Gasteiger partial charge is 0.772 e. The summed E-state index contributed by atoms with van der Waals surface area (Å²) in [4.78, 5) is 11.4. The Morgan fingerprint density at radius 3 is 2.61 bits per heavy atom. The smallest absolute Gasteiger partial charge is 0.339 e. The fourth-order valence-electron chi connectivity index (χ4n) is 1.89. The number of carbonyl (C=O) groups is 1. The van der Waals surface area contributed by atoms with Crippen LogP contribution in [0.2, 0.25) is 0 Å². The van der Waals surface area contributed by atoms with E-state index < -0.39 is 51.6 Å². The molecule has 0 bridgehead atoms. The Labute approximate surface area is 102 Å². The predicted molar refractivity (Wildman–Crippen MR) is 53.3 cm³/mol. The van der Waals surface area contributed by atoms with E-state index in [-0.39, 0.29) is 5.56 Å². The molecule has 2 rings (SSSR count). The molecule has 98 valence electrons. The monoisotopic (exact) mass is 279 g/mol. The molecule has 0 spiro atoms. The summed E-state index contributed by atoms with van der Waals surface area (Å²) in [5.41, 5.74) is -1.83. The zero-order valence-corrected chi connectivity index (χ0v) is 9.47. The minimum atomic E-state index is -4.14. The molecule has 0 fully saturated rings. The number of ketones is 1. The number of rotatable bonds is 2. The van der Waals surface area contributed by atoms with Gasteiger partial charge in [0.25, 0.3) is 0 Å². The van der Waals surface area contributed by atoms with E-state index in [0.717, 1.165) is 12.1 Å². The van der Waals surface area contributed by atoms with Gasteiger partial charge in [0.15, 0.2) is 6.10 Å². The van der Waals surface area contributed by atoms with Crippen molar-refractivity contribution in [1.29, 1.82) is 0 Å². The number of aliphatic hydroxyl groups excluding tert-OH is 1. The molecule has 1 N–H and O–H groups in total. The highest BCUT2D eigenvalue weighted by atomic mass is 32.2. The molecule has 0 radical (unpaired) electrons. The molecular weight excluding hydrogens is 273 g/mol. The van der Waals surface area contributed by atoms with Crippen molar-refractivity contribution in [1.82, 2.24) is 0 Å². The topological polar surface area (TPSA) is 77.4 Å². The summed E-state index contributed by atoms with van der Waals surface area (Å²) in [5, 5.41) is 9.25. The summed E-state index contributed by atoms with van der Waals surface area (Å²) in [6.07, 6.45) is -2.58. The number of halogens is 3. The zero-order valence-electron chi connectivity index (χ0n) is 8.65. The van der Waals surface area contributed by atoms with Gasteiger partial charge in [0.1, 0.15) is 5.82 Å². The quantitative estimate of drug-likeness (QED) is 0.821. The molecule has 18 heavy (non-hydrogen) atoms. The maximum absolute atomic E-state index is 13.4. The number of fused-ring (bicyclic) bond motifs is 1. The Bertz CT molecular complexity index is 558. The molecule has 4 nitrogen and oxygen atoms in total. The Kier molecular flexibility index (Phi) is 3.04. The van der Waals surface area contributed by atoms with E-state index in [2.05, 4.69) is 0 Å². The van der Waals surface area contributed by atoms with E-state index >= 15 is 0 Å². The lowest BCUT2D eigenvalue weighted by atomic mass is 10.0. The minimum Gasteiger partial charge on any atom is -0.772 e. The van der Waals surface area contributed by atoms with Gasteiger partial charge in [0.05, 0.1) is 0 Å². The number of Topliss-reactive ketones (excluding diaryl/α,β-unsaturated/α-hetero) is 1. The maximum Gasteiger partial charge on any atom is 0.339 e. The third kappa shape index (κ3) is 1.76. The number of alkyl halides is 2. The summed E-state index contributed by atoms with van der Waals surface area (Å²) < 4.78 is 61.1. The van der Waals surface area contributed by atoms with Crippen LogP contribution in [0.15, 0.2) is 12.1 Å². The molecule has 0 heterocycles. The molecule has 1 aliphatic carbocycles. The van der Waals surface area contributed by atoms with Crippen LogP contribution in [-0.4, -0.2) is 25.6 Å². The van der Waals surface area contributed by atoms with Crippen LogP contribution < -0.4 is 0 Å². The van der Waals surface area contributed by atoms with Crippen LogP contribution >= 0.6 is 0 Å². The van der Waals surface area contributed by atoms with Gasteiger partial charge in [-0.2, -0.15) is 8.78 Å². The Hall–Kier alpha value is -1.25. The number of aliphatic hydroxyl groups is 1. The molecule has 1 unspecified atom stereocenters. The van der Waals surface area contributed by atoms with Crippen LogP contribution in [0.25, 0.3) is 0 Å². The molecule has 2 atom stereocenters. The zero-order chi connectivity index (χ0) is 13.7. The van der Waals surface area contributed by atoms with E-state index in [1.165, 1.54) is 0 Å². The highest BCUT2D eigenvalue weighted by molar-refractivity contribution is 7.78. The van der Waals surface area contributed by atoms with E-state index in [1.54, 1.807) is 0 Å². The van der Waals surface area contributed by atoms with E-state index in [0.29, 0.717) is 0 Å². The lowest BCUT2D eigenvalue weighted by molar-refractivity contribution is -0.0717. The third-order valence-electron chi connectivity index (χ3n) is 2.70. The second-order valence-corrected chi connectivity index (χ2v) is 4.69. The molecular formula is C10H6F3O4S-. The van der Waals surface area contributed by atoms with E-state index in [1.807, 2.05) is 0 Å². The Balaban J connectivity index is 2.67. The van der Waals surface area contributed by atoms with Crippen molar-refractivity contribution in [3.05, 3.63) is 34.6 Å². The molecule has 0 amide bonds. The van der Waals surface area contributed by atoms with E-state index in [9.17, 15) is 31.8 Å². The van der Waals surface area contributed by atoms with E-state index in [4.69, 9.17) is 0 Å². The van der Waals surface area contributed by atoms with Crippen LogP contribution in [-0.2, 0) is 16.8 Å². The molecule has 8 heteroatoms. The molecule has 0 aromatic heterocycles. The molecule has 0 aliphatic heterocycles. The fourth-order valence-corrected chi connectivity index (χ4v) is 2.39. The van der Waals surface area contributed by atoms with Crippen LogP contribution in [0.1, 0.15) is 27.6 Å². The highest BCUT2D eigenvalue weighted by Crippen LogP contribution is 2.45. The average molecular weight is 279 g/mol. The van der Waals surface area contributed by atoms with Gasteiger partial charge < -0.3 is 9.66 Å². The van der Waals surface area contributed by atoms with Crippen molar-refractivity contribution >= 4 is 16.9 Å². The first-order chi connectivity index (χ1) is 8.26. The van der Waals surface area contributed by atoms with Crippen molar-refractivity contribution in [2.75, 3.05) is 0 Å². The van der Waals surface area contributed by atoms with Crippen molar-refractivity contribution < 1.29 is 31.8 Å². The SMILES string of the molecule is O=C1c2c(CS(=O)[O-])ccc(F)c2[C@H](O)C1(F)F. The van der Waals surface area contributed by atoms with Gasteiger partial charge >= 0.3 is 5.92 Å². The second-order valence-electron chi connectivity index (χ2n) is 3.80. The number of benzene rings is 1. The molecule has 0 saturated heterocycles. The lowest BCUT2D eigenvalue weighted by Gasteiger charge is -2.11. The third-order valence-corrected chi connectivity index (χ3v) is 3.25. The summed E-state index contributed by atoms with van der Waals surface area (Å²) in [5.74, 6) is -7.76. The van der Waals surface area contributed by atoms with Crippen LogP contribution in [0.4, 0.5) is 13.2 Å². The van der Waals surface area contributed by atoms with Gasteiger partial charge in [0.2, 0.25) is 5.78 Å². The van der Waals surface area contributed by atoms with Crippen molar-refractivity contribution in [3.63, 3.8) is 0 Å². The number of carbonyl (C=O) groups excluding carboxylic acids is 1. The number of hydrogen-bond donors (Lipinski definition) is 1. The first-order valence-corrected chi connectivity index (χ1v) is 5.99. The summed E-state index contributed by atoms with van der Waals surface area (Å²) in [7, 11) is 0. The van der Waals surface area contributed by atoms with Gasteiger partial charge in [-0.3, -0.25) is 9.00 Å². The van der Waals surface area contributed by atoms with Crippen molar-refractivity contribution in [3.8, 4) is 0 Å². The lowest BCUT2D eigenvalue weighted by Crippen LogP contribution is -2.28. The second kappa shape index (κ2) is 4.15. The molecule has 1 aliphatic rings.